The lowest BCUT2D eigenvalue weighted by Crippen LogP contribution is -2.23. The van der Waals surface area contributed by atoms with E-state index in [2.05, 4.69) is 5.10 Å². The number of carbonyl (C=O) groups is 1. The van der Waals surface area contributed by atoms with Gasteiger partial charge in [-0.2, -0.15) is 18.3 Å². The predicted molar refractivity (Wildman–Crippen MR) is 85.7 cm³/mol. The van der Waals surface area contributed by atoms with Crippen molar-refractivity contribution in [2.75, 3.05) is 0 Å². The topological polar surface area (TPSA) is 98.5 Å². The number of nitrogens with zero attached hydrogens (tertiary/aromatic N) is 2. The second-order valence-electron chi connectivity index (χ2n) is 5.25. The molecule has 0 radical (unpaired) electrons. The summed E-state index contributed by atoms with van der Waals surface area (Å²) >= 11 is -2.44. The van der Waals surface area contributed by atoms with E-state index in [0.29, 0.717) is 6.07 Å². The molecule has 2 rings (SSSR count). The van der Waals surface area contributed by atoms with Gasteiger partial charge in [0.2, 0.25) is 5.75 Å². The molecule has 1 N–H and O–H groups in total. The smallest absolute Gasteiger partial charge is 0.416 e. The largest absolute Gasteiger partial charge is 0.420 e. The zero-order chi connectivity index (χ0) is 19.6. The zero-order valence-electron chi connectivity index (χ0n) is 13.5. The van der Waals surface area contributed by atoms with Crippen molar-refractivity contribution in [1.82, 2.24) is 9.78 Å². The average molecular weight is 390 g/mol. The highest BCUT2D eigenvalue weighted by molar-refractivity contribution is 7.78. The van der Waals surface area contributed by atoms with Gasteiger partial charge in [-0.3, -0.25) is 9.59 Å². The van der Waals surface area contributed by atoms with Crippen LogP contribution in [0.25, 0.3) is 11.1 Å². The van der Waals surface area contributed by atoms with Crippen molar-refractivity contribution in [3.05, 3.63) is 45.9 Å². The monoisotopic (exact) mass is 390 g/mol. The molecule has 0 fully saturated rings. The number of ether oxygens (including phenoxy) is 1. The minimum atomic E-state index is -4.66. The Balaban J connectivity index is 2.75. The molecule has 140 valence electrons. The van der Waals surface area contributed by atoms with Gasteiger partial charge < -0.3 is 9.29 Å². The van der Waals surface area contributed by atoms with E-state index in [1.54, 1.807) is 0 Å². The van der Waals surface area contributed by atoms with Gasteiger partial charge in [0.25, 0.3) is 0 Å². The molecule has 1 heterocycles. The van der Waals surface area contributed by atoms with Crippen molar-refractivity contribution in [2.45, 2.75) is 18.9 Å². The van der Waals surface area contributed by atoms with Crippen LogP contribution in [0.2, 0.25) is 0 Å². The number of alkyl halides is 3. The van der Waals surface area contributed by atoms with E-state index >= 15 is 0 Å². The molecule has 1 aromatic heterocycles. The maximum Gasteiger partial charge on any atom is 0.416 e. The molecule has 0 amide bonds. The Bertz CT molecular complexity index is 940. The van der Waals surface area contributed by atoms with Gasteiger partial charge in [-0.25, -0.2) is 8.89 Å². The van der Waals surface area contributed by atoms with Gasteiger partial charge >= 0.3 is 17.7 Å². The Morgan fingerprint density at radius 1 is 1.35 bits per heavy atom. The fourth-order valence-electron chi connectivity index (χ4n) is 2.24. The summed E-state index contributed by atoms with van der Waals surface area (Å²) in [5.74, 6) is -1.86. The summed E-state index contributed by atoms with van der Waals surface area (Å²) in [6.07, 6.45) is -3.53. The molecule has 1 atom stereocenters. The first kappa shape index (κ1) is 19.8. The van der Waals surface area contributed by atoms with Crippen molar-refractivity contribution >= 4 is 17.0 Å². The summed E-state index contributed by atoms with van der Waals surface area (Å²) in [7, 11) is 1.30. The predicted octanol–water partition coefficient (Wildman–Crippen LogP) is 2.11. The van der Waals surface area contributed by atoms with Gasteiger partial charge in [0, 0.05) is 14.0 Å². The fourth-order valence-corrected chi connectivity index (χ4v) is 2.74. The van der Waals surface area contributed by atoms with E-state index in [4.69, 9.17) is 9.29 Å². The molecule has 0 aliphatic rings. The molecule has 0 aliphatic heterocycles. The molecule has 0 spiro atoms. The van der Waals surface area contributed by atoms with Crippen molar-refractivity contribution in [3.8, 4) is 16.9 Å². The van der Waals surface area contributed by atoms with E-state index in [9.17, 15) is 27.0 Å². The van der Waals surface area contributed by atoms with Gasteiger partial charge in [-0.15, -0.1) is 0 Å². The lowest BCUT2D eigenvalue weighted by atomic mass is 9.99. The summed E-state index contributed by atoms with van der Waals surface area (Å²) in [5.41, 5.74) is -1.98. The maximum absolute atomic E-state index is 12.9. The number of esters is 1. The third-order valence-corrected chi connectivity index (χ3v) is 3.90. The number of hydrogen-bond acceptors (Lipinski definition) is 5. The van der Waals surface area contributed by atoms with Crippen LogP contribution in [-0.2, 0) is 34.9 Å². The molecule has 0 saturated carbocycles. The first-order chi connectivity index (χ1) is 12.0. The molecule has 11 heteroatoms. The molecule has 0 saturated heterocycles. The zero-order valence-corrected chi connectivity index (χ0v) is 14.3. The van der Waals surface area contributed by atoms with Crippen molar-refractivity contribution < 1.29 is 31.5 Å². The van der Waals surface area contributed by atoms with E-state index in [1.807, 2.05) is 0 Å². The fraction of sp³-hybridized carbons (Fsp3) is 0.267. The summed E-state index contributed by atoms with van der Waals surface area (Å²) in [5, 5.41) is 3.77. The van der Waals surface area contributed by atoms with Gasteiger partial charge in [-0.1, -0.05) is 6.07 Å². The van der Waals surface area contributed by atoms with E-state index in [1.165, 1.54) is 7.05 Å². The van der Waals surface area contributed by atoms with Crippen LogP contribution in [0, 0.1) is 0 Å². The quantitative estimate of drug-likeness (QED) is 0.634. The van der Waals surface area contributed by atoms with Crippen molar-refractivity contribution in [1.29, 1.82) is 0 Å². The van der Waals surface area contributed by atoms with Crippen LogP contribution in [0.3, 0.4) is 0 Å². The van der Waals surface area contributed by atoms with Crippen LogP contribution >= 0.6 is 0 Å². The minimum Gasteiger partial charge on any atom is -0.420 e. The highest BCUT2D eigenvalue weighted by Crippen LogP contribution is 2.35. The molecular formula is C15H13F3N2O5S. The highest BCUT2D eigenvalue weighted by atomic mass is 32.2. The SMILES string of the molecule is CC(=O)Oc1c(-c2ccc(C(F)(F)F)cc2CS(=O)O)cnn(C)c1=O. The molecule has 7 nitrogen and oxygen atoms in total. The summed E-state index contributed by atoms with van der Waals surface area (Å²) in [6, 6.07) is 2.50. The number of aromatic nitrogens is 2. The second kappa shape index (κ2) is 7.38. The first-order valence-corrected chi connectivity index (χ1v) is 8.31. The number of carbonyl (C=O) groups excluding carboxylic acids is 1. The molecule has 0 aliphatic carbocycles. The lowest BCUT2D eigenvalue weighted by molar-refractivity contribution is -0.137. The van der Waals surface area contributed by atoms with Crippen LogP contribution in [0.4, 0.5) is 13.2 Å². The molecule has 1 unspecified atom stereocenters. The van der Waals surface area contributed by atoms with Gasteiger partial charge in [0.1, 0.15) is 0 Å². The minimum absolute atomic E-state index is 0.0295. The Labute approximate surface area is 147 Å². The Kier molecular flexibility index (Phi) is 5.62. The van der Waals surface area contributed by atoms with Crippen LogP contribution in [-0.4, -0.2) is 24.5 Å². The third-order valence-electron chi connectivity index (χ3n) is 3.34. The standard InChI is InChI=1S/C15H13F3N2O5S/c1-8(21)25-13-12(6-19-20(2)14(13)22)11-4-3-10(15(16,17)18)5-9(11)7-26(23)24/h3-6H,7H2,1-2H3,(H,23,24). The molecule has 0 bridgehead atoms. The van der Waals surface area contributed by atoms with Crippen molar-refractivity contribution in [3.63, 3.8) is 0 Å². The summed E-state index contributed by atoms with van der Waals surface area (Å²) in [6.45, 7) is 1.06. The average Bonchev–Trinajstić information content (AvgIpc) is 2.50. The van der Waals surface area contributed by atoms with E-state index in [-0.39, 0.29) is 16.7 Å². The summed E-state index contributed by atoms with van der Waals surface area (Å²) < 4.78 is 64.9. The van der Waals surface area contributed by atoms with Gasteiger partial charge in [0.05, 0.1) is 23.1 Å². The number of halogens is 3. The lowest BCUT2D eigenvalue weighted by Gasteiger charge is -2.15. The third kappa shape index (κ3) is 4.35. The van der Waals surface area contributed by atoms with Gasteiger partial charge in [0.15, 0.2) is 11.1 Å². The van der Waals surface area contributed by atoms with Crippen molar-refractivity contribution in [2.24, 2.45) is 7.05 Å². The molecule has 2 aromatic rings. The number of benzene rings is 1. The molecular weight excluding hydrogens is 377 g/mol. The Morgan fingerprint density at radius 3 is 2.54 bits per heavy atom. The highest BCUT2D eigenvalue weighted by Gasteiger charge is 2.31. The molecule has 26 heavy (non-hydrogen) atoms. The second-order valence-corrected chi connectivity index (χ2v) is 6.18. The van der Waals surface area contributed by atoms with E-state index in [0.717, 1.165) is 29.9 Å². The number of hydrogen-bond donors (Lipinski definition) is 1. The van der Waals surface area contributed by atoms with Crippen LogP contribution in [0.15, 0.2) is 29.2 Å². The Hall–Kier alpha value is -2.53. The normalized spacial score (nSPS) is 12.7. The van der Waals surface area contributed by atoms with Crippen LogP contribution in [0.5, 0.6) is 5.75 Å². The van der Waals surface area contributed by atoms with Gasteiger partial charge in [-0.05, 0) is 23.3 Å². The maximum atomic E-state index is 12.9. The number of aryl methyl sites for hydroxylation is 1. The summed E-state index contributed by atoms with van der Waals surface area (Å²) in [4.78, 5) is 23.5. The molecule has 1 aromatic carbocycles. The first-order valence-electron chi connectivity index (χ1n) is 7.03. The van der Waals surface area contributed by atoms with Crippen LogP contribution < -0.4 is 10.3 Å². The number of rotatable bonds is 4. The van der Waals surface area contributed by atoms with Crippen LogP contribution in [0.1, 0.15) is 18.1 Å². The Morgan fingerprint density at radius 2 is 2.00 bits per heavy atom. The van der Waals surface area contributed by atoms with E-state index < -0.39 is 45.9 Å².